The van der Waals surface area contributed by atoms with E-state index in [1.54, 1.807) is 22.2 Å². The summed E-state index contributed by atoms with van der Waals surface area (Å²) in [4.78, 5) is 23.8. The highest BCUT2D eigenvalue weighted by atomic mass is 32.1. The predicted molar refractivity (Wildman–Crippen MR) is 96.1 cm³/mol. The van der Waals surface area contributed by atoms with Crippen LogP contribution in [-0.2, 0) is 6.42 Å². The molecule has 2 N–H and O–H groups in total. The number of thiophene rings is 1. The minimum atomic E-state index is -0.366. The fraction of sp³-hybridized carbons (Fsp3) is 0.529. The van der Waals surface area contributed by atoms with Crippen LogP contribution in [0.1, 0.15) is 60.1 Å². The molecule has 132 valence electrons. The number of aliphatic hydroxyl groups excluding tert-OH is 1. The zero-order valence-electron chi connectivity index (χ0n) is 14.3. The van der Waals surface area contributed by atoms with Gasteiger partial charge in [0.1, 0.15) is 11.2 Å². The molecule has 1 amide bonds. The summed E-state index contributed by atoms with van der Waals surface area (Å²) in [5.74, 6) is 0.220. The molecule has 1 aliphatic rings. The Bertz CT molecular complexity index is 943. The highest BCUT2D eigenvalue weighted by Crippen LogP contribution is 2.42. The molecule has 0 aromatic carbocycles. The second kappa shape index (κ2) is 6.34. The van der Waals surface area contributed by atoms with E-state index >= 15 is 0 Å². The number of nitrogens with zero attached hydrogens (tertiary/aromatic N) is 4. The molecule has 0 spiro atoms. The van der Waals surface area contributed by atoms with Crippen molar-refractivity contribution in [1.29, 1.82) is 0 Å². The average Bonchev–Trinajstić information content (AvgIpc) is 3.20. The van der Waals surface area contributed by atoms with Gasteiger partial charge in [-0.15, -0.1) is 16.4 Å². The number of nitrogens with one attached hydrogen (secondary N) is 1. The lowest BCUT2D eigenvalue weighted by Crippen LogP contribution is -2.37. The van der Waals surface area contributed by atoms with Gasteiger partial charge >= 0.3 is 0 Å². The van der Waals surface area contributed by atoms with Crippen LogP contribution in [0.5, 0.6) is 0 Å². The first-order valence-electron chi connectivity index (χ1n) is 8.70. The molecule has 4 rings (SSSR count). The van der Waals surface area contributed by atoms with E-state index in [0.717, 1.165) is 23.1 Å². The monoisotopic (exact) mass is 359 g/mol. The van der Waals surface area contributed by atoms with Crippen LogP contribution in [0.25, 0.3) is 15.9 Å². The summed E-state index contributed by atoms with van der Waals surface area (Å²) >= 11 is 1.73. The van der Waals surface area contributed by atoms with Gasteiger partial charge in [0.25, 0.3) is 5.91 Å². The Morgan fingerprint density at radius 2 is 2.40 bits per heavy atom. The number of aromatic nitrogens is 4. The lowest BCUT2D eigenvalue weighted by Gasteiger charge is -2.18. The van der Waals surface area contributed by atoms with Gasteiger partial charge in [0.2, 0.25) is 5.82 Å². The maximum Gasteiger partial charge on any atom is 0.291 e. The summed E-state index contributed by atoms with van der Waals surface area (Å²) in [5.41, 5.74) is 2.02. The average molecular weight is 359 g/mol. The van der Waals surface area contributed by atoms with Gasteiger partial charge in [0.15, 0.2) is 5.65 Å². The van der Waals surface area contributed by atoms with Crippen LogP contribution in [0.15, 0.2) is 6.33 Å². The largest absolute Gasteiger partial charge is 0.394 e. The maximum atomic E-state index is 12.4. The smallest absolute Gasteiger partial charge is 0.291 e. The van der Waals surface area contributed by atoms with Gasteiger partial charge in [-0.3, -0.25) is 4.79 Å². The van der Waals surface area contributed by atoms with E-state index in [9.17, 15) is 9.90 Å². The van der Waals surface area contributed by atoms with E-state index in [1.165, 1.54) is 16.9 Å². The number of hydrogen-bond donors (Lipinski definition) is 2. The zero-order valence-corrected chi connectivity index (χ0v) is 15.1. The normalized spacial score (nSPS) is 18.4. The molecule has 7 nitrogen and oxygen atoms in total. The first kappa shape index (κ1) is 16.4. The molecular formula is C17H21N5O2S. The van der Waals surface area contributed by atoms with E-state index in [1.807, 2.05) is 6.92 Å². The Balaban J connectivity index is 1.81. The first-order valence-corrected chi connectivity index (χ1v) is 9.52. The molecule has 3 aromatic rings. The zero-order chi connectivity index (χ0) is 17.6. The molecule has 0 bridgehead atoms. The van der Waals surface area contributed by atoms with Crippen LogP contribution in [-0.4, -0.2) is 43.2 Å². The second-order valence-corrected chi connectivity index (χ2v) is 7.71. The van der Waals surface area contributed by atoms with Crippen LogP contribution in [0.3, 0.4) is 0 Å². The molecule has 0 aliphatic heterocycles. The highest BCUT2D eigenvalue weighted by Gasteiger charge is 2.26. The highest BCUT2D eigenvalue weighted by molar-refractivity contribution is 7.19. The Morgan fingerprint density at radius 3 is 3.16 bits per heavy atom. The van der Waals surface area contributed by atoms with Crippen molar-refractivity contribution in [3.8, 4) is 0 Å². The summed E-state index contributed by atoms with van der Waals surface area (Å²) in [6.45, 7) is 4.05. The summed E-state index contributed by atoms with van der Waals surface area (Å²) in [5, 5.41) is 17.4. The fourth-order valence-corrected chi connectivity index (χ4v) is 4.80. The van der Waals surface area contributed by atoms with E-state index in [-0.39, 0.29) is 24.4 Å². The quantitative estimate of drug-likeness (QED) is 0.745. The number of carbonyl (C=O) groups is 1. The Hall–Kier alpha value is -2.06. The lowest BCUT2D eigenvalue weighted by molar-refractivity contribution is 0.0904. The van der Waals surface area contributed by atoms with Gasteiger partial charge in [-0.25, -0.2) is 14.5 Å². The van der Waals surface area contributed by atoms with Gasteiger partial charge in [0.05, 0.1) is 18.0 Å². The maximum absolute atomic E-state index is 12.4. The topological polar surface area (TPSA) is 92.4 Å². The third kappa shape index (κ3) is 2.69. The van der Waals surface area contributed by atoms with Crippen LogP contribution < -0.4 is 5.32 Å². The number of aryl methyl sites for hydroxylation is 1. The molecule has 3 aromatic heterocycles. The number of aliphatic hydroxyl groups is 1. The molecule has 0 radical (unpaired) electrons. The van der Waals surface area contributed by atoms with Crippen molar-refractivity contribution in [2.45, 2.75) is 51.5 Å². The molecule has 0 unspecified atom stereocenters. The molecule has 25 heavy (non-hydrogen) atoms. The van der Waals surface area contributed by atoms with Crippen molar-refractivity contribution >= 4 is 33.1 Å². The van der Waals surface area contributed by atoms with E-state index in [0.29, 0.717) is 18.0 Å². The van der Waals surface area contributed by atoms with Gasteiger partial charge in [-0.1, -0.05) is 13.8 Å². The standard InChI is InChI=1S/C17H21N5O2S/c1-3-10(7-23)19-16(24)14-20-15-13-12-9(2)5-4-6-11(12)25-17(13)18-8-22(15)21-14/h8-10,23H,3-7H2,1-2H3,(H,19,24)/t9-,10+/m1/s1. The number of fused-ring (bicyclic) bond motifs is 5. The van der Waals surface area contributed by atoms with Crippen molar-refractivity contribution in [2.24, 2.45) is 0 Å². The molecule has 8 heteroatoms. The van der Waals surface area contributed by atoms with E-state index in [4.69, 9.17) is 0 Å². The molecule has 1 aliphatic carbocycles. The molecule has 0 saturated carbocycles. The lowest BCUT2D eigenvalue weighted by atomic mass is 9.87. The molecule has 0 saturated heterocycles. The summed E-state index contributed by atoms with van der Waals surface area (Å²) in [6.07, 6.45) is 5.73. The number of carbonyl (C=O) groups excluding carboxylic acids is 1. The third-order valence-electron chi connectivity index (χ3n) is 4.93. The number of amides is 1. The van der Waals surface area contributed by atoms with Gasteiger partial charge in [0, 0.05) is 4.88 Å². The number of hydrogen-bond acceptors (Lipinski definition) is 6. The van der Waals surface area contributed by atoms with Crippen LogP contribution in [0, 0.1) is 0 Å². The molecule has 2 atom stereocenters. The molecular weight excluding hydrogens is 338 g/mol. The van der Waals surface area contributed by atoms with E-state index < -0.39 is 0 Å². The van der Waals surface area contributed by atoms with Crippen LogP contribution in [0.2, 0.25) is 0 Å². The van der Waals surface area contributed by atoms with Gasteiger partial charge in [-0.2, -0.15) is 0 Å². The molecule has 3 heterocycles. The van der Waals surface area contributed by atoms with Crippen molar-refractivity contribution in [3.05, 3.63) is 22.6 Å². The second-order valence-electron chi connectivity index (χ2n) is 6.62. The van der Waals surface area contributed by atoms with Crippen molar-refractivity contribution in [1.82, 2.24) is 24.9 Å². The summed E-state index contributed by atoms with van der Waals surface area (Å²) in [7, 11) is 0. The van der Waals surface area contributed by atoms with Gasteiger partial charge < -0.3 is 10.4 Å². The predicted octanol–water partition coefficient (Wildman–Crippen LogP) is 2.28. The Morgan fingerprint density at radius 1 is 1.56 bits per heavy atom. The Labute approximate surface area is 149 Å². The van der Waals surface area contributed by atoms with Crippen molar-refractivity contribution in [2.75, 3.05) is 6.61 Å². The molecule has 0 fully saturated rings. The SMILES string of the molecule is CC[C@@H](CO)NC(=O)c1nc2c3c4c(sc3ncn2n1)CCC[C@H]4C. The minimum Gasteiger partial charge on any atom is -0.394 e. The fourth-order valence-electron chi connectivity index (χ4n) is 3.51. The minimum absolute atomic E-state index is 0.100. The van der Waals surface area contributed by atoms with E-state index in [2.05, 4.69) is 27.3 Å². The van der Waals surface area contributed by atoms with Crippen LogP contribution in [0.4, 0.5) is 0 Å². The van der Waals surface area contributed by atoms with Crippen LogP contribution >= 0.6 is 11.3 Å². The first-order chi connectivity index (χ1) is 12.1. The third-order valence-corrected chi connectivity index (χ3v) is 6.10. The van der Waals surface area contributed by atoms with Gasteiger partial charge in [-0.05, 0) is 37.2 Å². The van der Waals surface area contributed by atoms with Crippen molar-refractivity contribution < 1.29 is 9.90 Å². The summed E-state index contributed by atoms with van der Waals surface area (Å²) < 4.78 is 1.59. The van der Waals surface area contributed by atoms with Crippen molar-refractivity contribution in [3.63, 3.8) is 0 Å². The Kier molecular flexibility index (Phi) is 4.16. The number of rotatable bonds is 4. The summed E-state index contributed by atoms with van der Waals surface area (Å²) in [6, 6.07) is -0.286.